The second kappa shape index (κ2) is 8.39. The predicted octanol–water partition coefficient (Wildman–Crippen LogP) is 5.05. The minimum atomic E-state index is -0.0814. The summed E-state index contributed by atoms with van der Waals surface area (Å²) >= 11 is 1.70. The van der Waals surface area contributed by atoms with E-state index in [1.165, 1.54) is 16.0 Å². The van der Waals surface area contributed by atoms with E-state index in [1.807, 2.05) is 23.4 Å². The molecule has 0 radical (unpaired) electrons. The Labute approximate surface area is 191 Å². The van der Waals surface area contributed by atoms with Crippen molar-refractivity contribution in [2.24, 2.45) is 0 Å². The lowest BCUT2D eigenvalue weighted by Crippen LogP contribution is -2.22. The Kier molecular flexibility index (Phi) is 5.43. The van der Waals surface area contributed by atoms with Gasteiger partial charge >= 0.3 is 0 Å². The summed E-state index contributed by atoms with van der Waals surface area (Å²) in [6, 6.07) is 12.4. The van der Waals surface area contributed by atoms with Crippen LogP contribution in [-0.4, -0.2) is 44.0 Å². The first kappa shape index (κ1) is 20.7. The lowest BCUT2D eigenvalue weighted by molar-refractivity contribution is -0.119. The second-order valence-corrected chi connectivity index (χ2v) is 9.27. The van der Waals surface area contributed by atoms with Crippen LogP contribution in [0.5, 0.6) is 0 Å². The minimum Gasteiger partial charge on any atom is -0.340 e. The van der Waals surface area contributed by atoms with Crippen LogP contribution in [0, 0.1) is 13.8 Å². The molecule has 0 bridgehead atoms. The molecule has 1 N–H and O–H groups in total. The van der Waals surface area contributed by atoms with Crippen LogP contribution < -0.4 is 0 Å². The fourth-order valence-electron chi connectivity index (χ4n) is 4.36. The predicted molar refractivity (Wildman–Crippen MR) is 128 cm³/mol. The molecule has 1 fully saturated rings. The van der Waals surface area contributed by atoms with Gasteiger partial charge in [-0.15, -0.1) is 11.8 Å². The molecule has 2 aromatic carbocycles. The molecule has 6 nitrogen and oxygen atoms in total. The van der Waals surface area contributed by atoms with E-state index >= 15 is 0 Å². The average Bonchev–Trinajstić information content (AvgIpc) is 3.44. The third kappa shape index (κ3) is 3.77. The molecule has 32 heavy (non-hydrogen) atoms. The van der Waals surface area contributed by atoms with E-state index in [4.69, 9.17) is 4.98 Å². The van der Waals surface area contributed by atoms with Crippen LogP contribution in [0.25, 0.3) is 22.4 Å². The van der Waals surface area contributed by atoms with Gasteiger partial charge in [0, 0.05) is 35.3 Å². The number of amides is 1. The molecular formula is C25H25N5OS. The number of aryl methyl sites for hydroxylation is 2. The molecule has 4 aromatic rings. The largest absolute Gasteiger partial charge is 0.340 e. The quantitative estimate of drug-likeness (QED) is 0.345. The van der Waals surface area contributed by atoms with Gasteiger partial charge in [-0.25, -0.2) is 15.0 Å². The minimum absolute atomic E-state index is 0.0814. The Hall–Kier alpha value is -3.19. The number of fused-ring (bicyclic) bond motifs is 1. The molecule has 1 aliphatic heterocycles. The van der Waals surface area contributed by atoms with Gasteiger partial charge in [0.15, 0.2) is 5.82 Å². The zero-order valence-electron chi connectivity index (χ0n) is 18.4. The van der Waals surface area contributed by atoms with Crippen LogP contribution in [0.2, 0.25) is 0 Å². The highest BCUT2D eigenvalue weighted by molar-refractivity contribution is 7.98. The van der Waals surface area contributed by atoms with E-state index < -0.39 is 0 Å². The van der Waals surface area contributed by atoms with Crippen molar-refractivity contribution in [3.05, 3.63) is 71.3 Å². The highest BCUT2D eigenvalue weighted by Crippen LogP contribution is 2.39. The first-order chi connectivity index (χ1) is 15.6. The summed E-state index contributed by atoms with van der Waals surface area (Å²) in [5.74, 6) is 1.73. The Bertz CT molecular complexity index is 1280. The van der Waals surface area contributed by atoms with Crippen molar-refractivity contribution < 1.29 is 4.79 Å². The molecule has 0 saturated carbocycles. The number of aromatic amines is 1. The molecule has 5 rings (SSSR count). The zero-order valence-corrected chi connectivity index (χ0v) is 19.2. The summed E-state index contributed by atoms with van der Waals surface area (Å²) in [6.45, 7) is 4.83. The van der Waals surface area contributed by atoms with Crippen LogP contribution in [-0.2, 0) is 4.79 Å². The Morgan fingerprint density at radius 3 is 2.62 bits per heavy atom. The number of H-pyrrole nitrogens is 1. The summed E-state index contributed by atoms with van der Waals surface area (Å²) in [7, 11) is 0. The highest BCUT2D eigenvalue weighted by atomic mass is 32.2. The fraction of sp³-hybridized carbons (Fsp3) is 0.280. The fourth-order valence-corrected chi connectivity index (χ4v) is 4.80. The van der Waals surface area contributed by atoms with E-state index in [9.17, 15) is 4.79 Å². The summed E-state index contributed by atoms with van der Waals surface area (Å²) in [6.07, 6.45) is 7.57. The zero-order chi connectivity index (χ0) is 22.2. The molecule has 1 unspecified atom stereocenters. The smallest absolute Gasteiger partial charge is 0.210 e. The van der Waals surface area contributed by atoms with Crippen LogP contribution in [0.3, 0.4) is 0 Å². The number of carbonyl (C=O) groups is 1. The Balaban J connectivity index is 1.38. The number of benzene rings is 2. The first-order valence-corrected chi connectivity index (χ1v) is 11.9. The van der Waals surface area contributed by atoms with Crippen LogP contribution in [0.15, 0.2) is 53.7 Å². The SMILES string of the molecule is CSc1ccc2nc([C@@H]3CC(c4cnc(-c5ccc(C)c(C)c5)nc4)CN3C=O)[nH]c2c1. The third-order valence-corrected chi connectivity index (χ3v) is 7.13. The van der Waals surface area contributed by atoms with Crippen LogP contribution in [0.4, 0.5) is 0 Å². The number of rotatable bonds is 5. The van der Waals surface area contributed by atoms with Gasteiger partial charge in [0.05, 0.1) is 17.1 Å². The van der Waals surface area contributed by atoms with Crippen molar-refractivity contribution in [3.63, 3.8) is 0 Å². The number of aromatic nitrogens is 4. The number of nitrogens with one attached hydrogen (secondary N) is 1. The number of thioether (sulfide) groups is 1. The molecule has 0 aliphatic carbocycles. The van der Waals surface area contributed by atoms with Crippen molar-refractivity contribution in [1.29, 1.82) is 0 Å². The number of nitrogens with zero attached hydrogens (tertiary/aromatic N) is 4. The molecule has 2 aromatic heterocycles. The molecule has 162 valence electrons. The summed E-state index contributed by atoms with van der Waals surface area (Å²) in [5.41, 5.74) is 6.48. The number of carbonyl (C=O) groups excluding carboxylic acids is 1. The van der Waals surface area contributed by atoms with E-state index in [0.717, 1.165) is 46.6 Å². The Morgan fingerprint density at radius 1 is 1.09 bits per heavy atom. The van der Waals surface area contributed by atoms with E-state index in [0.29, 0.717) is 6.54 Å². The van der Waals surface area contributed by atoms with Gasteiger partial charge in [0.25, 0.3) is 0 Å². The maximum Gasteiger partial charge on any atom is 0.210 e. The van der Waals surface area contributed by atoms with Crippen LogP contribution >= 0.6 is 11.8 Å². The third-order valence-electron chi connectivity index (χ3n) is 6.41. The second-order valence-electron chi connectivity index (χ2n) is 8.39. The molecular weight excluding hydrogens is 418 g/mol. The van der Waals surface area contributed by atoms with Crippen molar-refractivity contribution in [1.82, 2.24) is 24.8 Å². The van der Waals surface area contributed by atoms with Crippen molar-refractivity contribution >= 4 is 29.2 Å². The summed E-state index contributed by atoms with van der Waals surface area (Å²) in [5, 5.41) is 0. The Morgan fingerprint density at radius 2 is 1.91 bits per heavy atom. The van der Waals surface area contributed by atoms with Crippen molar-refractivity contribution in [3.8, 4) is 11.4 Å². The van der Waals surface area contributed by atoms with Crippen molar-refractivity contribution in [2.75, 3.05) is 12.8 Å². The first-order valence-electron chi connectivity index (χ1n) is 10.7. The summed E-state index contributed by atoms with van der Waals surface area (Å²) in [4.78, 5) is 32.3. The van der Waals surface area contributed by atoms with Gasteiger partial charge in [-0.2, -0.15) is 0 Å². The lowest BCUT2D eigenvalue weighted by atomic mass is 9.98. The van der Waals surface area contributed by atoms with Gasteiger partial charge in [-0.05, 0) is 67.5 Å². The van der Waals surface area contributed by atoms with Gasteiger partial charge < -0.3 is 9.88 Å². The molecule has 0 spiro atoms. The number of imidazole rings is 1. The topological polar surface area (TPSA) is 74.8 Å². The van der Waals surface area contributed by atoms with E-state index in [2.05, 4.69) is 65.4 Å². The summed E-state index contributed by atoms with van der Waals surface area (Å²) < 4.78 is 0. The normalized spacial score (nSPS) is 18.4. The monoisotopic (exact) mass is 443 g/mol. The maximum absolute atomic E-state index is 11.8. The van der Waals surface area contributed by atoms with E-state index in [1.54, 1.807) is 11.8 Å². The molecule has 2 atom stereocenters. The molecule has 1 amide bonds. The van der Waals surface area contributed by atoms with Gasteiger partial charge in [-0.1, -0.05) is 12.1 Å². The standard InChI is InChI=1S/C25H25N5OS/c1-15-4-5-17(8-16(15)2)24-26-11-19(12-27-24)18-9-23(30(13-18)14-31)25-28-21-7-6-20(32-3)10-22(21)29-25/h4-8,10-12,14,18,23H,9,13H2,1-3H3,(H,28,29)/t18?,23-/m0/s1. The van der Waals surface area contributed by atoms with Gasteiger partial charge in [0.2, 0.25) is 6.41 Å². The van der Waals surface area contributed by atoms with Crippen molar-refractivity contribution in [2.45, 2.75) is 37.1 Å². The van der Waals surface area contributed by atoms with Gasteiger partial charge in [0.1, 0.15) is 5.82 Å². The molecule has 7 heteroatoms. The lowest BCUT2D eigenvalue weighted by Gasteiger charge is -2.16. The molecule has 1 saturated heterocycles. The molecule has 1 aliphatic rings. The van der Waals surface area contributed by atoms with Gasteiger partial charge in [-0.3, -0.25) is 4.79 Å². The number of hydrogen-bond donors (Lipinski definition) is 1. The average molecular weight is 444 g/mol. The van der Waals surface area contributed by atoms with Crippen LogP contribution in [0.1, 0.15) is 40.9 Å². The maximum atomic E-state index is 11.8. The number of likely N-dealkylation sites (tertiary alicyclic amines) is 1. The van der Waals surface area contributed by atoms with E-state index in [-0.39, 0.29) is 12.0 Å². The number of hydrogen-bond acceptors (Lipinski definition) is 5. The highest BCUT2D eigenvalue weighted by Gasteiger charge is 2.35. The molecule has 3 heterocycles.